The summed E-state index contributed by atoms with van der Waals surface area (Å²) >= 11 is 5.97. The number of hydrogen-bond donors (Lipinski definition) is 1. The minimum atomic E-state index is -0.344. The van der Waals surface area contributed by atoms with Crippen molar-refractivity contribution in [1.82, 2.24) is 5.32 Å². The summed E-state index contributed by atoms with van der Waals surface area (Å²) < 4.78 is 13.3. The molecular weight excluding hydrogens is 225 g/mol. The maximum atomic E-state index is 13.3. The van der Waals surface area contributed by atoms with Crippen molar-refractivity contribution in [3.63, 3.8) is 0 Å². The average Bonchev–Trinajstić information content (AvgIpc) is 2.24. The lowest BCUT2D eigenvalue weighted by molar-refractivity contribution is 0.463. The second kappa shape index (κ2) is 6.21. The van der Waals surface area contributed by atoms with E-state index < -0.39 is 0 Å². The lowest BCUT2D eigenvalue weighted by Crippen LogP contribution is -2.17. The van der Waals surface area contributed by atoms with E-state index in [4.69, 9.17) is 11.6 Å². The summed E-state index contributed by atoms with van der Waals surface area (Å²) in [5.41, 5.74) is 0.852. The number of nitrogens with one attached hydrogen (secondary N) is 1. The molecule has 0 heterocycles. The third kappa shape index (κ3) is 3.46. The van der Waals surface area contributed by atoms with Gasteiger partial charge in [0.1, 0.15) is 5.82 Å². The van der Waals surface area contributed by atoms with Crippen molar-refractivity contribution in [2.75, 3.05) is 7.05 Å². The van der Waals surface area contributed by atoms with Crippen molar-refractivity contribution in [1.29, 1.82) is 0 Å². The Hall–Kier alpha value is -0.600. The molecule has 1 atom stereocenters. The highest BCUT2D eigenvalue weighted by atomic mass is 35.5. The van der Waals surface area contributed by atoms with Crippen LogP contribution in [-0.2, 0) is 0 Å². The summed E-state index contributed by atoms with van der Waals surface area (Å²) in [4.78, 5) is 0. The van der Waals surface area contributed by atoms with Gasteiger partial charge in [-0.15, -0.1) is 0 Å². The second-order valence-electron chi connectivity index (χ2n) is 4.46. The minimum Gasteiger partial charge on any atom is -0.313 e. The van der Waals surface area contributed by atoms with Crippen LogP contribution < -0.4 is 5.32 Å². The van der Waals surface area contributed by atoms with Crippen LogP contribution in [0.5, 0.6) is 0 Å². The van der Waals surface area contributed by atoms with Crippen LogP contribution in [0.2, 0.25) is 5.02 Å². The van der Waals surface area contributed by atoms with Crippen LogP contribution in [0, 0.1) is 11.7 Å². The van der Waals surface area contributed by atoms with Crippen LogP contribution in [0.15, 0.2) is 18.2 Å². The van der Waals surface area contributed by atoms with Gasteiger partial charge in [-0.25, -0.2) is 4.39 Å². The Kier molecular flexibility index (Phi) is 5.23. The van der Waals surface area contributed by atoms with Gasteiger partial charge in [0.2, 0.25) is 0 Å². The number of hydrogen-bond acceptors (Lipinski definition) is 1. The van der Waals surface area contributed by atoms with Gasteiger partial charge < -0.3 is 5.32 Å². The molecule has 0 bridgehead atoms. The predicted molar refractivity (Wildman–Crippen MR) is 67.3 cm³/mol. The highest BCUT2D eigenvalue weighted by Gasteiger charge is 2.15. The summed E-state index contributed by atoms with van der Waals surface area (Å²) in [5, 5.41) is 3.43. The van der Waals surface area contributed by atoms with Crippen molar-refractivity contribution in [3.8, 4) is 0 Å². The summed E-state index contributed by atoms with van der Waals surface area (Å²) in [6.45, 7) is 4.36. The van der Waals surface area contributed by atoms with E-state index in [1.54, 1.807) is 6.07 Å². The summed E-state index contributed by atoms with van der Waals surface area (Å²) in [6.07, 6.45) is 2.07. The van der Waals surface area contributed by atoms with E-state index in [0.717, 1.165) is 18.4 Å². The Morgan fingerprint density at radius 1 is 1.31 bits per heavy atom. The van der Waals surface area contributed by atoms with Gasteiger partial charge in [0.25, 0.3) is 0 Å². The number of benzene rings is 1. The topological polar surface area (TPSA) is 12.0 Å². The van der Waals surface area contributed by atoms with Crippen LogP contribution in [0.4, 0.5) is 4.39 Å². The Bertz CT molecular complexity index is 339. The fourth-order valence-corrected chi connectivity index (χ4v) is 2.00. The molecule has 0 fully saturated rings. The summed E-state index contributed by atoms with van der Waals surface area (Å²) in [6, 6.07) is 5.11. The van der Waals surface area contributed by atoms with Gasteiger partial charge in [0.05, 0.1) is 5.02 Å². The quantitative estimate of drug-likeness (QED) is 0.818. The first-order valence-electron chi connectivity index (χ1n) is 5.67. The monoisotopic (exact) mass is 243 g/mol. The normalized spacial score (nSPS) is 13.1. The van der Waals surface area contributed by atoms with Gasteiger partial charge in [0, 0.05) is 6.04 Å². The van der Waals surface area contributed by atoms with Gasteiger partial charge in [0.15, 0.2) is 0 Å². The molecule has 0 aliphatic carbocycles. The van der Waals surface area contributed by atoms with Crippen LogP contribution in [0.1, 0.15) is 38.3 Å². The van der Waals surface area contributed by atoms with Crippen molar-refractivity contribution in [2.24, 2.45) is 5.92 Å². The van der Waals surface area contributed by atoms with Crippen LogP contribution in [0.25, 0.3) is 0 Å². The average molecular weight is 244 g/mol. The molecule has 0 saturated heterocycles. The molecule has 1 aromatic rings. The Labute approximate surface area is 102 Å². The zero-order valence-electron chi connectivity index (χ0n) is 10.1. The van der Waals surface area contributed by atoms with Crippen molar-refractivity contribution < 1.29 is 4.39 Å². The molecule has 1 aromatic carbocycles. The summed E-state index contributed by atoms with van der Waals surface area (Å²) in [7, 11) is 1.88. The van der Waals surface area contributed by atoms with Gasteiger partial charge in [-0.2, -0.15) is 0 Å². The first-order chi connectivity index (χ1) is 7.56. The van der Waals surface area contributed by atoms with Gasteiger partial charge in [-0.05, 0) is 37.4 Å². The fourth-order valence-electron chi connectivity index (χ4n) is 1.74. The third-order valence-corrected chi connectivity index (χ3v) is 3.14. The van der Waals surface area contributed by atoms with E-state index in [2.05, 4.69) is 19.2 Å². The van der Waals surface area contributed by atoms with Crippen LogP contribution in [0.3, 0.4) is 0 Å². The maximum Gasteiger partial charge on any atom is 0.142 e. The minimum absolute atomic E-state index is 0.130. The zero-order chi connectivity index (χ0) is 12.1. The van der Waals surface area contributed by atoms with E-state index >= 15 is 0 Å². The van der Waals surface area contributed by atoms with E-state index in [1.165, 1.54) is 6.07 Å². The van der Waals surface area contributed by atoms with Crippen LogP contribution >= 0.6 is 11.6 Å². The molecule has 0 aliphatic heterocycles. The number of rotatable bonds is 5. The number of halogens is 2. The highest BCUT2D eigenvalue weighted by molar-refractivity contribution is 6.31. The van der Waals surface area contributed by atoms with Crippen molar-refractivity contribution in [2.45, 2.75) is 32.7 Å². The van der Waals surface area contributed by atoms with Crippen LogP contribution in [-0.4, -0.2) is 7.05 Å². The van der Waals surface area contributed by atoms with Gasteiger partial charge in [-0.1, -0.05) is 37.6 Å². The smallest absolute Gasteiger partial charge is 0.142 e. The first kappa shape index (κ1) is 13.5. The predicted octanol–water partition coefficient (Wildman–Crippen LogP) is 4.18. The van der Waals surface area contributed by atoms with Gasteiger partial charge >= 0.3 is 0 Å². The maximum absolute atomic E-state index is 13.3. The summed E-state index contributed by atoms with van der Waals surface area (Å²) in [5.74, 6) is 0.298. The van der Waals surface area contributed by atoms with Crippen molar-refractivity contribution >= 4 is 11.6 Å². The standard InChI is InChI=1S/C13H19ClFN/c1-9(2)7-8-12(16-3)10-5-4-6-11(15)13(10)14/h4-6,9,12,16H,7-8H2,1-3H3. The third-order valence-electron chi connectivity index (χ3n) is 2.74. The van der Waals surface area contributed by atoms with Gasteiger partial charge in [-0.3, -0.25) is 0 Å². The molecule has 1 unspecified atom stereocenters. The Balaban J connectivity index is 2.82. The molecule has 16 heavy (non-hydrogen) atoms. The van der Waals surface area contributed by atoms with E-state index in [0.29, 0.717) is 5.92 Å². The molecule has 3 heteroatoms. The molecule has 90 valence electrons. The zero-order valence-corrected chi connectivity index (χ0v) is 10.8. The lowest BCUT2D eigenvalue weighted by Gasteiger charge is -2.19. The molecule has 0 aromatic heterocycles. The Morgan fingerprint density at radius 2 is 2.00 bits per heavy atom. The van der Waals surface area contributed by atoms with Crippen molar-refractivity contribution in [3.05, 3.63) is 34.6 Å². The molecule has 1 N–H and O–H groups in total. The van der Waals surface area contributed by atoms with E-state index in [-0.39, 0.29) is 16.9 Å². The van der Waals surface area contributed by atoms with E-state index in [1.807, 2.05) is 13.1 Å². The SMILES string of the molecule is CNC(CCC(C)C)c1cccc(F)c1Cl. The molecule has 0 amide bonds. The first-order valence-corrected chi connectivity index (χ1v) is 6.05. The largest absolute Gasteiger partial charge is 0.313 e. The molecule has 0 spiro atoms. The highest BCUT2D eigenvalue weighted by Crippen LogP contribution is 2.28. The van der Waals surface area contributed by atoms with E-state index in [9.17, 15) is 4.39 Å². The molecule has 1 rings (SSSR count). The Morgan fingerprint density at radius 3 is 2.56 bits per heavy atom. The lowest BCUT2D eigenvalue weighted by atomic mass is 9.97. The molecule has 1 nitrogen and oxygen atoms in total. The fraction of sp³-hybridized carbons (Fsp3) is 0.538. The second-order valence-corrected chi connectivity index (χ2v) is 4.83. The molecule has 0 aliphatic rings. The molecular formula is C13H19ClFN. The molecule has 0 radical (unpaired) electrons. The molecule has 0 saturated carbocycles.